The molecule has 1 aliphatic heterocycles. The van der Waals surface area contributed by atoms with Crippen LogP contribution in [0.4, 0.5) is 0 Å². The predicted molar refractivity (Wildman–Crippen MR) is 106 cm³/mol. The number of nitrogens with zero attached hydrogens (tertiary/aromatic N) is 3. The quantitative estimate of drug-likeness (QED) is 0.801. The number of hydrogen-bond donors (Lipinski definition) is 1. The topological polar surface area (TPSA) is 119 Å². The highest BCUT2D eigenvalue weighted by molar-refractivity contribution is 6.01. The fraction of sp³-hybridized carbons (Fsp3) is 0.429. The fourth-order valence-electron chi connectivity index (χ4n) is 3.41. The molecule has 1 aromatic carbocycles. The number of piperidine rings is 1. The van der Waals surface area contributed by atoms with Crippen LogP contribution in [0, 0.1) is 11.3 Å². The van der Waals surface area contributed by atoms with Crippen LogP contribution < -0.4 is 15.2 Å². The van der Waals surface area contributed by atoms with E-state index >= 15 is 0 Å². The van der Waals surface area contributed by atoms with Crippen LogP contribution in [0.5, 0.6) is 11.5 Å². The summed E-state index contributed by atoms with van der Waals surface area (Å²) in [5, 5.41) is 9.46. The number of carbonyl (C=O) groups excluding carboxylic acids is 2. The molecule has 0 aliphatic carbocycles. The Morgan fingerprint density at radius 1 is 1.38 bits per heavy atom. The summed E-state index contributed by atoms with van der Waals surface area (Å²) in [6, 6.07) is 6.97. The lowest BCUT2D eigenvalue weighted by molar-refractivity contribution is -0.132. The Bertz CT molecular complexity index is 967. The molecule has 8 heteroatoms. The summed E-state index contributed by atoms with van der Waals surface area (Å²) >= 11 is 0. The SMILES string of the molecule is CC(C)Oc1cc2c(O[C@@H]3CCCN(C(=O)CC#N)C3)ccnc2cc1C(N)=O. The molecule has 0 saturated carbocycles. The van der Waals surface area contributed by atoms with Gasteiger partial charge in [-0.1, -0.05) is 0 Å². The summed E-state index contributed by atoms with van der Waals surface area (Å²) in [5.41, 5.74) is 6.33. The van der Waals surface area contributed by atoms with Crippen molar-refractivity contribution < 1.29 is 19.1 Å². The van der Waals surface area contributed by atoms with E-state index in [1.54, 1.807) is 29.3 Å². The Morgan fingerprint density at radius 2 is 2.17 bits per heavy atom. The number of hydrogen-bond acceptors (Lipinski definition) is 6. The number of likely N-dealkylation sites (tertiary alicyclic amines) is 1. The highest BCUT2D eigenvalue weighted by Gasteiger charge is 2.25. The molecule has 152 valence electrons. The van der Waals surface area contributed by atoms with Gasteiger partial charge >= 0.3 is 0 Å². The van der Waals surface area contributed by atoms with Gasteiger partial charge in [-0.2, -0.15) is 5.26 Å². The lowest BCUT2D eigenvalue weighted by Crippen LogP contribution is -2.44. The van der Waals surface area contributed by atoms with Gasteiger partial charge in [-0.25, -0.2) is 0 Å². The van der Waals surface area contributed by atoms with Gasteiger partial charge < -0.3 is 20.1 Å². The van der Waals surface area contributed by atoms with Gasteiger partial charge in [-0.05, 0) is 44.9 Å². The van der Waals surface area contributed by atoms with E-state index in [2.05, 4.69) is 4.98 Å². The van der Waals surface area contributed by atoms with Crippen LogP contribution in [0.15, 0.2) is 24.4 Å². The number of primary amides is 1. The van der Waals surface area contributed by atoms with E-state index in [1.807, 2.05) is 19.9 Å². The molecule has 1 aliphatic rings. The zero-order chi connectivity index (χ0) is 21.0. The minimum absolute atomic E-state index is 0.128. The lowest BCUT2D eigenvalue weighted by atomic mass is 10.1. The first-order valence-electron chi connectivity index (χ1n) is 9.59. The number of carbonyl (C=O) groups is 2. The summed E-state index contributed by atoms with van der Waals surface area (Å²) in [6.45, 7) is 4.79. The molecular formula is C21H24N4O4. The average Bonchev–Trinajstić information content (AvgIpc) is 2.68. The smallest absolute Gasteiger partial charge is 0.252 e. The van der Waals surface area contributed by atoms with E-state index in [0.717, 1.165) is 12.8 Å². The molecule has 29 heavy (non-hydrogen) atoms. The van der Waals surface area contributed by atoms with E-state index < -0.39 is 5.91 Å². The first kappa shape index (κ1) is 20.4. The van der Waals surface area contributed by atoms with Crippen molar-refractivity contribution in [2.45, 2.75) is 45.3 Å². The van der Waals surface area contributed by atoms with Crippen LogP contribution in [-0.2, 0) is 4.79 Å². The Kier molecular flexibility index (Phi) is 6.17. The van der Waals surface area contributed by atoms with Crippen LogP contribution in [0.2, 0.25) is 0 Å². The number of benzene rings is 1. The highest BCUT2D eigenvalue weighted by Crippen LogP contribution is 2.32. The average molecular weight is 396 g/mol. The number of nitriles is 1. The summed E-state index contributed by atoms with van der Waals surface area (Å²) in [5.74, 6) is 0.209. The molecule has 2 N–H and O–H groups in total. The second-order valence-electron chi connectivity index (χ2n) is 7.26. The molecule has 0 radical (unpaired) electrons. The molecule has 1 aromatic heterocycles. The summed E-state index contributed by atoms with van der Waals surface area (Å²) in [7, 11) is 0. The van der Waals surface area contributed by atoms with Crippen molar-refractivity contribution in [3.63, 3.8) is 0 Å². The van der Waals surface area contributed by atoms with Crippen molar-refractivity contribution in [1.29, 1.82) is 5.26 Å². The maximum atomic E-state index is 12.0. The summed E-state index contributed by atoms with van der Waals surface area (Å²) in [6.07, 6.45) is 2.75. The van der Waals surface area contributed by atoms with Crippen molar-refractivity contribution in [3.8, 4) is 17.6 Å². The first-order valence-corrected chi connectivity index (χ1v) is 9.59. The van der Waals surface area contributed by atoms with Crippen molar-refractivity contribution in [2.24, 2.45) is 5.73 Å². The van der Waals surface area contributed by atoms with Crippen LogP contribution in [0.3, 0.4) is 0 Å². The van der Waals surface area contributed by atoms with Crippen molar-refractivity contribution >= 4 is 22.7 Å². The Labute approximate surface area is 169 Å². The standard InChI is InChI=1S/C21H24N4O4/c1-13(2)28-19-11-15-17(10-16(19)21(23)27)24-8-6-18(15)29-14-4-3-9-25(12-14)20(26)5-7-22/h6,8,10-11,13-14H,3-5,9,12H2,1-2H3,(H2,23,27)/t14-/m1/s1. The number of aromatic nitrogens is 1. The van der Waals surface area contributed by atoms with Gasteiger partial charge in [-0.3, -0.25) is 14.6 Å². The van der Waals surface area contributed by atoms with Gasteiger partial charge in [0.15, 0.2) is 0 Å². The third-order valence-corrected chi connectivity index (χ3v) is 4.69. The Morgan fingerprint density at radius 3 is 2.86 bits per heavy atom. The van der Waals surface area contributed by atoms with E-state index in [9.17, 15) is 9.59 Å². The Balaban J connectivity index is 1.90. The second-order valence-corrected chi connectivity index (χ2v) is 7.26. The first-order chi connectivity index (χ1) is 13.9. The minimum atomic E-state index is -0.588. The zero-order valence-corrected chi connectivity index (χ0v) is 16.6. The molecule has 1 fully saturated rings. The van der Waals surface area contributed by atoms with E-state index in [-0.39, 0.29) is 30.1 Å². The number of nitrogens with two attached hydrogens (primary N) is 1. The molecule has 1 saturated heterocycles. The highest BCUT2D eigenvalue weighted by atomic mass is 16.5. The van der Waals surface area contributed by atoms with Gasteiger partial charge in [0, 0.05) is 18.1 Å². The van der Waals surface area contributed by atoms with E-state index in [4.69, 9.17) is 20.5 Å². The van der Waals surface area contributed by atoms with Crippen LogP contribution >= 0.6 is 0 Å². The predicted octanol–water partition coefficient (Wildman–Crippen LogP) is 2.40. The molecule has 3 rings (SSSR count). The third kappa shape index (κ3) is 4.74. The van der Waals surface area contributed by atoms with Crippen molar-refractivity contribution in [3.05, 3.63) is 30.0 Å². The van der Waals surface area contributed by atoms with Gasteiger partial charge in [-0.15, -0.1) is 0 Å². The molecule has 2 amide bonds. The van der Waals surface area contributed by atoms with Crippen LogP contribution in [-0.4, -0.2) is 47.0 Å². The second kappa shape index (κ2) is 8.78. The summed E-state index contributed by atoms with van der Waals surface area (Å²) < 4.78 is 12.0. The molecule has 0 spiro atoms. The number of pyridine rings is 1. The normalized spacial score (nSPS) is 16.5. The Hall–Kier alpha value is -3.34. The number of ether oxygens (including phenoxy) is 2. The van der Waals surface area contributed by atoms with E-state index in [1.165, 1.54) is 0 Å². The number of rotatable bonds is 6. The number of amides is 2. The van der Waals surface area contributed by atoms with Crippen LogP contribution in [0.1, 0.15) is 43.5 Å². The van der Waals surface area contributed by atoms with Gasteiger partial charge in [0.2, 0.25) is 5.91 Å². The van der Waals surface area contributed by atoms with Gasteiger partial charge in [0.25, 0.3) is 5.91 Å². The monoisotopic (exact) mass is 396 g/mol. The molecule has 1 atom stereocenters. The maximum absolute atomic E-state index is 12.0. The molecule has 0 bridgehead atoms. The molecule has 8 nitrogen and oxygen atoms in total. The number of fused-ring (bicyclic) bond motifs is 1. The zero-order valence-electron chi connectivity index (χ0n) is 16.6. The van der Waals surface area contributed by atoms with E-state index in [0.29, 0.717) is 35.5 Å². The lowest BCUT2D eigenvalue weighted by Gasteiger charge is -2.32. The van der Waals surface area contributed by atoms with Gasteiger partial charge in [0.05, 0.1) is 29.8 Å². The minimum Gasteiger partial charge on any atom is -0.490 e. The molecular weight excluding hydrogens is 372 g/mol. The maximum Gasteiger partial charge on any atom is 0.252 e. The third-order valence-electron chi connectivity index (χ3n) is 4.69. The van der Waals surface area contributed by atoms with Crippen LogP contribution in [0.25, 0.3) is 10.9 Å². The molecule has 0 unspecified atom stereocenters. The molecule has 2 aromatic rings. The van der Waals surface area contributed by atoms with Gasteiger partial charge in [0.1, 0.15) is 24.0 Å². The summed E-state index contributed by atoms with van der Waals surface area (Å²) in [4.78, 5) is 29.8. The van der Waals surface area contributed by atoms with Crippen molar-refractivity contribution in [2.75, 3.05) is 13.1 Å². The van der Waals surface area contributed by atoms with Crippen molar-refractivity contribution in [1.82, 2.24) is 9.88 Å². The largest absolute Gasteiger partial charge is 0.490 e. The molecule has 2 heterocycles. The fourth-order valence-corrected chi connectivity index (χ4v) is 3.41.